The summed E-state index contributed by atoms with van der Waals surface area (Å²) in [6.45, 7) is 4.77. The maximum atomic E-state index is 10.9. The molecule has 1 N–H and O–H groups in total. The zero-order valence-electron chi connectivity index (χ0n) is 9.26. The topological polar surface area (TPSA) is 76.5 Å². The zero-order chi connectivity index (χ0) is 12.3. The van der Waals surface area contributed by atoms with Gasteiger partial charge < -0.3 is 9.29 Å². The van der Waals surface area contributed by atoms with Gasteiger partial charge >= 0.3 is 5.97 Å². The van der Waals surface area contributed by atoms with Gasteiger partial charge in [-0.1, -0.05) is 6.07 Å². The second kappa shape index (κ2) is 5.18. The highest BCUT2D eigenvalue weighted by Gasteiger charge is 2.15. The molecule has 0 saturated heterocycles. The van der Waals surface area contributed by atoms with Crippen molar-refractivity contribution in [3.63, 3.8) is 0 Å². The molecule has 0 amide bonds. The minimum Gasteiger partial charge on any atom is -0.456 e. The van der Waals surface area contributed by atoms with Crippen molar-refractivity contribution in [1.29, 1.82) is 0 Å². The van der Waals surface area contributed by atoms with Gasteiger partial charge in [-0.05, 0) is 25.5 Å². The smallest absolute Gasteiger partial charge is 0.303 e. The number of carbonyl (C=O) groups excluding carboxylic acids is 1. The third-order valence-electron chi connectivity index (χ3n) is 2.02. The van der Waals surface area contributed by atoms with Crippen LogP contribution in [0, 0.1) is 6.92 Å². The fraction of sp³-hybridized carbons (Fsp3) is 0.400. The molecule has 0 saturated carbocycles. The maximum absolute atomic E-state index is 10.9. The van der Waals surface area contributed by atoms with Crippen LogP contribution in [0.3, 0.4) is 0 Å². The molecule has 1 rings (SSSR count). The quantitative estimate of drug-likeness (QED) is 0.644. The number of aryl methyl sites for hydroxylation is 1. The summed E-state index contributed by atoms with van der Waals surface area (Å²) in [5, 5.41) is 0.0552. The van der Waals surface area contributed by atoms with Gasteiger partial charge in [0.15, 0.2) is 5.03 Å². The third kappa shape index (κ3) is 3.11. The summed E-state index contributed by atoms with van der Waals surface area (Å²) in [4.78, 5) is 14.8. The number of aromatic nitrogens is 1. The molecule has 0 aliphatic heterocycles. The Morgan fingerprint density at radius 3 is 2.69 bits per heavy atom. The Labute approximate surface area is 96.1 Å². The van der Waals surface area contributed by atoms with Crippen molar-refractivity contribution in [2.24, 2.45) is 0 Å². The van der Waals surface area contributed by atoms with Crippen LogP contribution in [0.15, 0.2) is 17.2 Å². The molecule has 16 heavy (non-hydrogen) atoms. The number of rotatable bonds is 3. The molecule has 1 aromatic rings. The summed E-state index contributed by atoms with van der Waals surface area (Å²) < 4.78 is 24.7. The van der Waals surface area contributed by atoms with Crippen molar-refractivity contribution in [2.75, 3.05) is 0 Å². The van der Waals surface area contributed by atoms with Crippen molar-refractivity contribution >= 4 is 17.0 Å². The first-order chi connectivity index (χ1) is 7.41. The molecule has 0 aromatic carbocycles. The number of pyridine rings is 1. The predicted molar refractivity (Wildman–Crippen MR) is 58.2 cm³/mol. The number of hydrogen-bond donors (Lipinski definition) is 1. The monoisotopic (exact) mass is 243 g/mol. The van der Waals surface area contributed by atoms with Crippen LogP contribution >= 0.6 is 0 Å². The molecule has 0 bridgehead atoms. The third-order valence-corrected chi connectivity index (χ3v) is 2.60. The van der Waals surface area contributed by atoms with Crippen LogP contribution in [0.25, 0.3) is 0 Å². The summed E-state index contributed by atoms with van der Waals surface area (Å²) >= 11 is -2.13. The molecular formula is C10H13NO4S. The summed E-state index contributed by atoms with van der Waals surface area (Å²) in [6, 6.07) is 3.14. The van der Waals surface area contributed by atoms with Gasteiger partial charge in [0.25, 0.3) is 0 Å². The Hall–Kier alpha value is -1.27. The number of ether oxygens (including phenoxy) is 1. The molecule has 0 aliphatic rings. The molecule has 0 aliphatic carbocycles. The molecule has 1 aromatic heterocycles. The maximum Gasteiger partial charge on any atom is 0.303 e. The highest BCUT2D eigenvalue weighted by atomic mass is 32.2. The molecular weight excluding hydrogens is 230 g/mol. The van der Waals surface area contributed by atoms with E-state index in [0.29, 0.717) is 5.69 Å². The van der Waals surface area contributed by atoms with Crippen molar-refractivity contribution in [3.8, 4) is 0 Å². The van der Waals surface area contributed by atoms with Crippen molar-refractivity contribution < 1.29 is 18.3 Å². The molecule has 5 nitrogen and oxygen atoms in total. The molecule has 0 fully saturated rings. The highest BCUT2D eigenvalue weighted by molar-refractivity contribution is 7.79. The molecule has 6 heteroatoms. The fourth-order valence-corrected chi connectivity index (χ4v) is 1.70. The van der Waals surface area contributed by atoms with Crippen molar-refractivity contribution in [3.05, 3.63) is 23.4 Å². The van der Waals surface area contributed by atoms with E-state index in [4.69, 9.17) is 9.29 Å². The van der Waals surface area contributed by atoms with Gasteiger partial charge in [-0.25, -0.2) is 9.19 Å². The standard InChI is InChI=1S/C10H13NO4S/c1-6-4-5-9(16(13)14)11-10(6)7(2)15-8(3)12/h4-5,7H,1-3H3,(H,13,14). The predicted octanol–water partition coefficient (Wildman–Crippen LogP) is 1.59. The van der Waals surface area contributed by atoms with E-state index in [9.17, 15) is 9.00 Å². The Balaban J connectivity index is 3.06. The lowest BCUT2D eigenvalue weighted by molar-refractivity contribution is -0.146. The lowest BCUT2D eigenvalue weighted by Crippen LogP contribution is -2.10. The minimum atomic E-state index is -2.13. The Morgan fingerprint density at radius 1 is 1.56 bits per heavy atom. The van der Waals surface area contributed by atoms with Crippen molar-refractivity contribution in [1.82, 2.24) is 4.98 Å². The largest absolute Gasteiger partial charge is 0.456 e. The van der Waals surface area contributed by atoms with Crippen LogP contribution in [0.4, 0.5) is 0 Å². The average molecular weight is 243 g/mol. The second-order valence-electron chi connectivity index (χ2n) is 3.35. The van der Waals surface area contributed by atoms with E-state index in [1.54, 1.807) is 19.9 Å². The molecule has 88 valence electrons. The normalized spacial score (nSPS) is 14.2. The van der Waals surface area contributed by atoms with E-state index in [1.807, 2.05) is 0 Å². The number of esters is 1. The Kier molecular flexibility index (Phi) is 4.14. The molecule has 2 atom stereocenters. The van der Waals surface area contributed by atoms with Gasteiger partial charge in [0.05, 0.1) is 5.69 Å². The summed E-state index contributed by atoms with van der Waals surface area (Å²) in [6.07, 6.45) is -0.527. The van der Waals surface area contributed by atoms with E-state index in [0.717, 1.165) is 5.56 Å². The summed E-state index contributed by atoms with van der Waals surface area (Å²) in [5.41, 5.74) is 1.30. The van der Waals surface area contributed by atoms with Crippen LogP contribution in [-0.4, -0.2) is 19.7 Å². The van der Waals surface area contributed by atoms with Gasteiger partial charge in [0, 0.05) is 6.92 Å². The first kappa shape index (κ1) is 12.8. The van der Waals surface area contributed by atoms with E-state index in [-0.39, 0.29) is 5.03 Å². The van der Waals surface area contributed by atoms with E-state index in [2.05, 4.69) is 4.98 Å². The highest BCUT2D eigenvalue weighted by Crippen LogP contribution is 2.19. The van der Waals surface area contributed by atoms with Crippen LogP contribution < -0.4 is 0 Å². The molecule has 0 spiro atoms. The second-order valence-corrected chi connectivity index (χ2v) is 4.27. The lowest BCUT2D eigenvalue weighted by atomic mass is 10.1. The fourth-order valence-electron chi connectivity index (χ4n) is 1.34. The summed E-state index contributed by atoms with van der Waals surface area (Å²) in [5.74, 6) is -0.413. The SMILES string of the molecule is CC(=O)OC(C)c1nc(S(=O)O)ccc1C. The van der Waals surface area contributed by atoms with Gasteiger partial charge in [-0.2, -0.15) is 0 Å². The van der Waals surface area contributed by atoms with Crippen LogP contribution in [0.5, 0.6) is 0 Å². The number of hydrogen-bond acceptors (Lipinski definition) is 4. The Morgan fingerprint density at radius 2 is 2.19 bits per heavy atom. The molecule has 1 heterocycles. The number of carbonyl (C=O) groups is 1. The van der Waals surface area contributed by atoms with Crippen molar-refractivity contribution in [2.45, 2.75) is 31.9 Å². The van der Waals surface area contributed by atoms with Crippen LogP contribution in [0.1, 0.15) is 31.2 Å². The number of nitrogens with zero attached hydrogens (tertiary/aromatic N) is 1. The molecule has 0 radical (unpaired) electrons. The van der Waals surface area contributed by atoms with E-state index >= 15 is 0 Å². The van der Waals surface area contributed by atoms with E-state index in [1.165, 1.54) is 13.0 Å². The minimum absolute atomic E-state index is 0.0552. The van der Waals surface area contributed by atoms with Gasteiger partial charge in [-0.15, -0.1) is 0 Å². The summed E-state index contributed by atoms with van der Waals surface area (Å²) in [7, 11) is 0. The van der Waals surface area contributed by atoms with Gasteiger partial charge in [0.2, 0.25) is 11.1 Å². The van der Waals surface area contributed by atoms with Gasteiger partial charge in [0.1, 0.15) is 6.10 Å². The Bertz CT molecular complexity index is 433. The van der Waals surface area contributed by atoms with Crippen LogP contribution in [-0.2, 0) is 20.6 Å². The van der Waals surface area contributed by atoms with Gasteiger partial charge in [-0.3, -0.25) is 4.79 Å². The van der Waals surface area contributed by atoms with E-state index < -0.39 is 23.2 Å². The lowest BCUT2D eigenvalue weighted by Gasteiger charge is -2.14. The zero-order valence-corrected chi connectivity index (χ0v) is 10.1. The van der Waals surface area contributed by atoms with Crippen LogP contribution in [0.2, 0.25) is 0 Å². The first-order valence-electron chi connectivity index (χ1n) is 4.67. The first-order valence-corrected chi connectivity index (χ1v) is 5.78. The molecule has 2 unspecified atom stereocenters. The average Bonchev–Trinajstić information content (AvgIpc) is 2.16.